The van der Waals surface area contributed by atoms with Crippen LogP contribution in [0, 0.1) is 10.1 Å². The third kappa shape index (κ3) is 5.41. The van der Waals surface area contributed by atoms with E-state index >= 15 is 0 Å². The first-order valence-corrected chi connectivity index (χ1v) is 10.9. The zero-order valence-corrected chi connectivity index (χ0v) is 18.5. The second kappa shape index (κ2) is 10.3. The van der Waals surface area contributed by atoms with E-state index in [2.05, 4.69) is 5.32 Å². The number of carbonyl (C=O) groups excluding carboxylic acids is 2. The highest BCUT2D eigenvalue weighted by Gasteiger charge is 2.38. The Hall–Kier alpha value is -2.81. The maximum absolute atomic E-state index is 12.9. The number of non-ortho nitro benzene ring substituents is 1. The van der Waals surface area contributed by atoms with Crippen molar-refractivity contribution in [2.45, 2.75) is 39.7 Å². The fourth-order valence-electron chi connectivity index (χ4n) is 3.26. The minimum absolute atomic E-state index is 0.131. The van der Waals surface area contributed by atoms with Gasteiger partial charge in [0, 0.05) is 29.3 Å². The summed E-state index contributed by atoms with van der Waals surface area (Å²) in [5, 5.41) is 14.4. The lowest BCUT2D eigenvalue weighted by Gasteiger charge is -2.30. The van der Waals surface area contributed by atoms with Crippen molar-refractivity contribution in [3.8, 4) is 0 Å². The monoisotopic (exact) mass is 434 g/mol. The van der Waals surface area contributed by atoms with Gasteiger partial charge in [0.15, 0.2) is 0 Å². The number of allylic oxidation sites excluding steroid dienone is 2. The van der Waals surface area contributed by atoms with Crippen LogP contribution in [0.15, 0.2) is 46.8 Å². The highest BCUT2D eigenvalue weighted by molar-refractivity contribution is 7.98. The standard InChI is InChI=1S/C21H26N2O6S/c1-12(2)29-21(25)18-14(4)22-13(3)17(20(24)28-9-10-30-5)19(18)15-7-6-8-16(11-15)23(26)27/h6-8,11-12,19,22H,9-10H2,1-5H3/t19-/m1/s1. The molecule has 0 fully saturated rings. The molecular formula is C21H26N2O6S. The molecule has 8 nitrogen and oxygen atoms in total. The smallest absolute Gasteiger partial charge is 0.337 e. The lowest BCUT2D eigenvalue weighted by molar-refractivity contribution is -0.384. The van der Waals surface area contributed by atoms with Crippen LogP contribution in [0.2, 0.25) is 0 Å². The molecule has 0 bridgehead atoms. The number of nitro groups is 1. The normalized spacial score (nSPS) is 16.4. The van der Waals surface area contributed by atoms with Crippen molar-refractivity contribution in [3.63, 3.8) is 0 Å². The van der Waals surface area contributed by atoms with Crippen LogP contribution in [0.4, 0.5) is 5.69 Å². The van der Waals surface area contributed by atoms with Gasteiger partial charge in [-0.05, 0) is 39.5 Å². The molecule has 9 heteroatoms. The van der Waals surface area contributed by atoms with Gasteiger partial charge in [0.05, 0.1) is 28.1 Å². The van der Waals surface area contributed by atoms with Crippen LogP contribution >= 0.6 is 11.8 Å². The number of rotatable bonds is 8. The highest BCUT2D eigenvalue weighted by atomic mass is 32.2. The summed E-state index contributed by atoms with van der Waals surface area (Å²) in [7, 11) is 0. The second-order valence-electron chi connectivity index (χ2n) is 7.07. The Morgan fingerprint density at radius 2 is 1.83 bits per heavy atom. The Morgan fingerprint density at radius 1 is 1.20 bits per heavy atom. The number of ether oxygens (including phenoxy) is 2. The third-order valence-electron chi connectivity index (χ3n) is 4.48. The van der Waals surface area contributed by atoms with E-state index in [4.69, 9.17) is 9.47 Å². The van der Waals surface area contributed by atoms with Crippen LogP contribution < -0.4 is 5.32 Å². The predicted octanol–water partition coefficient (Wildman–Crippen LogP) is 3.69. The number of carbonyl (C=O) groups is 2. The van der Waals surface area contributed by atoms with E-state index in [-0.39, 0.29) is 29.5 Å². The molecule has 0 saturated carbocycles. The van der Waals surface area contributed by atoms with E-state index in [0.29, 0.717) is 22.7 Å². The van der Waals surface area contributed by atoms with Gasteiger partial charge in [-0.15, -0.1) is 0 Å². The van der Waals surface area contributed by atoms with Gasteiger partial charge in [-0.2, -0.15) is 11.8 Å². The summed E-state index contributed by atoms with van der Waals surface area (Å²) < 4.78 is 10.8. The van der Waals surface area contributed by atoms with Crippen LogP contribution in [-0.2, 0) is 19.1 Å². The molecule has 1 aromatic carbocycles. The molecule has 2 rings (SSSR count). The number of nitro benzene ring substituents is 1. The van der Waals surface area contributed by atoms with Crippen LogP contribution in [0.5, 0.6) is 0 Å². The number of hydrogen-bond donors (Lipinski definition) is 1. The quantitative estimate of drug-likeness (QED) is 0.286. The van der Waals surface area contributed by atoms with Gasteiger partial charge < -0.3 is 14.8 Å². The minimum atomic E-state index is -0.848. The number of esters is 2. The number of benzene rings is 1. The first kappa shape index (κ1) is 23.5. The summed E-state index contributed by atoms with van der Waals surface area (Å²) in [5.74, 6) is -1.38. The van der Waals surface area contributed by atoms with Gasteiger partial charge in [-0.25, -0.2) is 9.59 Å². The number of hydrogen-bond acceptors (Lipinski definition) is 8. The Kier molecular flexibility index (Phi) is 8.05. The van der Waals surface area contributed by atoms with Gasteiger partial charge in [0.25, 0.3) is 5.69 Å². The maximum atomic E-state index is 12.9. The SMILES string of the molecule is CSCCOC(=O)C1=C(C)NC(C)=C(C(=O)OC(C)C)[C@@H]1c1cccc([N+](=O)[O-])c1. The van der Waals surface area contributed by atoms with Crippen LogP contribution in [-0.4, -0.2) is 41.6 Å². The molecule has 1 N–H and O–H groups in total. The van der Waals surface area contributed by atoms with Gasteiger partial charge in [-0.1, -0.05) is 12.1 Å². The van der Waals surface area contributed by atoms with Crippen molar-refractivity contribution in [1.82, 2.24) is 5.32 Å². The summed E-state index contributed by atoms with van der Waals surface area (Å²) in [6.07, 6.45) is 1.53. The molecule has 0 unspecified atom stereocenters. The number of nitrogens with zero attached hydrogens (tertiary/aromatic N) is 1. The van der Waals surface area contributed by atoms with Crippen LogP contribution in [0.1, 0.15) is 39.2 Å². The van der Waals surface area contributed by atoms with E-state index in [1.165, 1.54) is 30.0 Å². The number of nitrogens with one attached hydrogen (secondary N) is 1. The Balaban J connectivity index is 2.60. The Labute approximate surface area is 179 Å². The summed E-state index contributed by atoms with van der Waals surface area (Å²) >= 11 is 1.54. The fraction of sp³-hybridized carbons (Fsp3) is 0.429. The first-order chi connectivity index (χ1) is 14.2. The number of dihydropyridines is 1. The molecule has 0 saturated heterocycles. The van der Waals surface area contributed by atoms with Crippen molar-refractivity contribution in [2.75, 3.05) is 18.6 Å². The van der Waals surface area contributed by atoms with Crippen molar-refractivity contribution in [3.05, 3.63) is 62.5 Å². The van der Waals surface area contributed by atoms with Crippen molar-refractivity contribution < 1.29 is 24.0 Å². The highest BCUT2D eigenvalue weighted by Crippen LogP contribution is 2.40. The Morgan fingerprint density at radius 3 is 2.40 bits per heavy atom. The third-order valence-corrected chi connectivity index (χ3v) is 5.05. The second-order valence-corrected chi connectivity index (χ2v) is 8.06. The summed E-state index contributed by atoms with van der Waals surface area (Å²) in [5.41, 5.74) is 1.82. The van der Waals surface area contributed by atoms with Crippen molar-refractivity contribution in [2.24, 2.45) is 0 Å². The molecule has 0 aromatic heterocycles. The average Bonchev–Trinajstić information content (AvgIpc) is 2.66. The van der Waals surface area contributed by atoms with E-state index < -0.39 is 22.8 Å². The molecule has 1 aromatic rings. The summed E-state index contributed by atoms with van der Waals surface area (Å²) in [4.78, 5) is 36.7. The largest absolute Gasteiger partial charge is 0.461 e. The van der Waals surface area contributed by atoms with Gasteiger partial charge >= 0.3 is 11.9 Å². The fourth-order valence-corrected chi connectivity index (χ4v) is 3.51. The van der Waals surface area contributed by atoms with E-state index in [9.17, 15) is 19.7 Å². The summed E-state index contributed by atoms with van der Waals surface area (Å²) in [6.45, 7) is 7.09. The molecule has 0 radical (unpaired) electrons. The van der Waals surface area contributed by atoms with Crippen molar-refractivity contribution >= 4 is 29.4 Å². The lowest BCUT2D eigenvalue weighted by Crippen LogP contribution is -2.33. The van der Waals surface area contributed by atoms with Crippen molar-refractivity contribution in [1.29, 1.82) is 0 Å². The maximum Gasteiger partial charge on any atom is 0.337 e. The zero-order valence-electron chi connectivity index (χ0n) is 17.7. The predicted molar refractivity (Wildman–Crippen MR) is 115 cm³/mol. The first-order valence-electron chi connectivity index (χ1n) is 9.47. The van der Waals surface area contributed by atoms with Gasteiger partial charge in [0.2, 0.25) is 0 Å². The van der Waals surface area contributed by atoms with E-state index in [1.807, 2.05) is 6.26 Å². The lowest BCUT2D eigenvalue weighted by atomic mass is 9.80. The summed E-state index contributed by atoms with van der Waals surface area (Å²) in [6, 6.07) is 5.91. The zero-order chi connectivity index (χ0) is 22.4. The molecule has 1 aliphatic heterocycles. The molecule has 1 heterocycles. The molecular weight excluding hydrogens is 408 g/mol. The molecule has 0 amide bonds. The minimum Gasteiger partial charge on any atom is -0.461 e. The Bertz CT molecular complexity index is 907. The molecule has 30 heavy (non-hydrogen) atoms. The molecule has 162 valence electrons. The topological polar surface area (TPSA) is 108 Å². The molecule has 0 spiro atoms. The molecule has 1 atom stereocenters. The van der Waals surface area contributed by atoms with Crippen LogP contribution in [0.3, 0.4) is 0 Å². The average molecular weight is 435 g/mol. The van der Waals surface area contributed by atoms with Gasteiger partial charge in [-0.3, -0.25) is 10.1 Å². The van der Waals surface area contributed by atoms with E-state index in [1.54, 1.807) is 33.8 Å². The van der Waals surface area contributed by atoms with E-state index in [0.717, 1.165) is 0 Å². The molecule has 1 aliphatic rings. The number of thioether (sulfide) groups is 1. The van der Waals surface area contributed by atoms with Gasteiger partial charge in [0.1, 0.15) is 6.61 Å². The molecule has 0 aliphatic carbocycles. The van der Waals surface area contributed by atoms with Crippen LogP contribution in [0.25, 0.3) is 0 Å².